The number of rotatable bonds is 37. The Hall–Kier alpha value is -1.54. The van der Waals surface area contributed by atoms with Gasteiger partial charge in [-0.05, 0) is 70.6 Å². The molecule has 0 heterocycles. The van der Waals surface area contributed by atoms with Gasteiger partial charge in [-0.3, -0.25) is 13.8 Å². The van der Waals surface area contributed by atoms with Crippen molar-refractivity contribution in [3.8, 4) is 0 Å². The normalized spacial score (nSPS) is 14.1. The van der Waals surface area contributed by atoms with Crippen LogP contribution in [0.1, 0.15) is 162 Å². The maximum Gasteiger partial charge on any atom is 0.472 e. The Labute approximate surface area is 301 Å². The number of carbonyl (C=O) groups is 1. The van der Waals surface area contributed by atoms with E-state index in [-0.39, 0.29) is 32.3 Å². The molecule has 8 nitrogen and oxygen atoms in total. The van der Waals surface area contributed by atoms with Gasteiger partial charge in [0.25, 0.3) is 0 Å². The molecule has 49 heavy (non-hydrogen) atoms. The number of nitrogens with two attached hydrogens (primary N) is 1. The molecule has 2 unspecified atom stereocenters. The van der Waals surface area contributed by atoms with Gasteiger partial charge in [0.1, 0.15) is 6.10 Å². The molecule has 0 radical (unpaired) electrons. The molecule has 0 aromatic heterocycles. The van der Waals surface area contributed by atoms with Crippen LogP contribution in [0.3, 0.4) is 0 Å². The highest BCUT2D eigenvalue weighted by molar-refractivity contribution is 7.47. The van der Waals surface area contributed by atoms with E-state index in [1.54, 1.807) is 0 Å². The fourth-order valence-corrected chi connectivity index (χ4v) is 5.89. The van der Waals surface area contributed by atoms with Crippen molar-refractivity contribution in [2.24, 2.45) is 5.73 Å². The summed E-state index contributed by atoms with van der Waals surface area (Å²) in [4.78, 5) is 22.4. The molecule has 0 spiro atoms. The molecule has 0 aromatic rings. The lowest BCUT2D eigenvalue weighted by Crippen LogP contribution is -2.28. The van der Waals surface area contributed by atoms with Gasteiger partial charge in [0.05, 0.1) is 19.8 Å². The lowest BCUT2D eigenvalue weighted by molar-refractivity contribution is -0.154. The van der Waals surface area contributed by atoms with Crippen LogP contribution in [0.15, 0.2) is 48.6 Å². The Morgan fingerprint density at radius 2 is 1.14 bits per heavy atom. The molecule has 0 aliphatic rings. The van der Waals surface area contributed by atoms with E-state index < -0.39 is 13.9 Å². The van der Waals surface area contributed by atoms with Crippen molar-refractivity contribution >= 4 is 13.8 Å². The van der Waals surface area contributed by atoms with Crippen LogP contribution in [0.4, 0.5) is 0 Å². The van der Waals surface area contributed by atoms with Crippen molar-refractivity contribution in [2.75, 3.05) is 33.0 Å². The molecule has 0 saturated carbocycles. The molecule has 0 rings (SSSR count). The Kier molecular flexibility index (Phi) is 36.5. The predicted octanol–water partition coefficient (Wildman–Crippen LogP) is 11.2. The van der Waals surface area contributed by atoms with Crippen LogP contribution in [-0.4, -0.2) is 49.9 Å². The van der Waals surface area contributed by atoms with Crippen molar-refractivity contribution in [1.29, 1.82) is 0 Å². The van der Waals surface area contributed by atoms with Gasteiger partial charge in [-0.1, -0.05) is 133 Å². The SMILES string of the molecule is CC/C=C\C/C=C\C/C=C\CCCCCCCCOCC(COP(=O)(O)OCCN)OC(=O)CCCCCCC/C=C\CCCCCCC. The topological polar surface area (TPSA) is 117 Å². The van der Waals surface area contributed by atoms with E-state index in [4.69, 9.17) is 24.3 Å². The molecule has 0 bridgehead atoms. The summed E-state index contributed by atoms with van der Waals surface area (Å²) in [6.07, 6.45) is 42.6. The van der Waals surface area contributed by atoms with Gasteiger partial charge in [-0.25, -0.2) is 4.57 Å². The van der Waals surface area contributed by atoms with Gasteiger partial charge >= 0.3 is 13.8 Å². The molecule has 0 aliphatic carbocycles. The van der Waals surface area contributed by atoms with Crippen LogP contribution in [0.5, 0.6) is 0 Å². The lowest BCUT2D eigenvalue weighted by Gasteiger charge is -2.20. The zero-order chi connectivity index (χ0) is 35.9. The van der Waals surface area contributed by atoms with E-state index in [0.717, 1.165) is 77.0 Å². The number of unbranched alkanes of at least 4 members (excludes halogenated alkanes) is 16. The minimum absolute atomic E-state index is 0.0951. The number of allylic oxidation sites excluding steroid dienone is 8. The highest BCUT2D eigenvalue weighted by atomic mass is 31.2. The number of esters is 1. The number of phosphoric ester groups is 1. The van der Waals surface area contributed by atoms with Gasteiger partial charge in [0.15, 0.2) is 0 Å². The first kappa shape index (κ1) is 47.5. The van der Waals surface area contributed by atoms with Crippen molar-refractivity contribution in [3.05, 3.63) is 48.6 Å². The van der Waals surface area contributed by atoms with Crippen molar-refractivity contribution in [3.63, 3.8) is 0 Å². The fraction of sp³-hybridized carbons (Fsp3) is 0.775. The summed E-state index contributed by atoms with van der Waals surface area (Å²) in [5.74, 6) is -0.346. The molecular weight excluding hydrogens is 637 g/mol. The number of carbonyl (C=O) groups excluding carboxylic acids is 1. The summed E-state index contributed by atoms with van der Waals surface area (Å²) in [5, 5.41) is 0. The van der Waals surface area contributed by atoms with Gasteiger partial charge in [-0.2, -0.15) is 0 Å². The summed E-state index contributed by atoms with van der Waals surface area (Å²) in [6.45, 7) is 4.75. The molecule has 0 amide bonds. The van der Waals surface area contributed by atoms with Gasteiger partial charge in [0, 0.05) is 19.6 Å². The van der Waals surface area contributed by atoms with E-state index in [2.05, 4.69) is 62.5 Å². The third-order valence-corrected chi connectivity index (χ3v) is 8.96. The molecular formula is C40H74NO7P. The Morgan fingerprint density at radius 1 is 0.633 bits per heavy atom. The molecule has 0 saturated heterocycles. The zero-order valence-corrected chi connectivity index (χ0v) is 32.3. The second-order valence-electron chi connectivity index (χ2n) is 12.8. The third kappa shape index (κ3) is 37.5. The molecule has 0 fully saturated rings. The summed E-state index contributed by atoms with van der Waals surface area (Å²) in [5.41, 5.74) is 5.35. The van der Waals surface area contributed by atoms with Crippen molar-refractivity contribution in [1.82, 2.24) is 0 Å². The number of phosphoric acid groups is 1. The monoisotopic (exact) mass is 712 g/mol. The largest absolute Gasteiger partial charge is 0.472 e. The summed E-state index contributed by atoms with van der Waals surface area (Å²) >= 11 is 0. The maximum absolute atomic E-state index is 12.5. The Morgan fingerprint density at radius 3 is 1.73 bits per heavy atom. The second-order valence-corrected chi connectivity index (χ2v) is 14.2. The van der Waals surface area contributed by atoms with Crippen LogP contribution < -0.4 is 5.73 Å². The summed E-state index contributed by atoms with van der Waals surface area (Å²) in [7, 11) is -4.28. The molecule has 2 atom stereocenters. The van der Waals surface area contributed by atoms with Gasteiger partial charge in [-0.15, -0.1) is 0 Å². The Balaban J connectivity index is 4.12. The van der Waals surface area contributed by atoms with E-state index >= 15 is 0 Å². The fourth-order valence-electron chi connectivity index (χ4n) is 5.12. The number of hydrogen-bond donors (Lipinski definition) is 2. The van der Waals surface area contributed by atoms with Crippen LogP contribution in [0.2, 0.25) is 0 Å². The smallest absolute Gasteiger partial charge is 0.457 e. The van der Waals surface area contributed by atoms with Gasteiger partial charge in [0.2, 0.25) is 0 Å². The third-order valence-electron chi connectivity index (χ3n) is 7.98. The molecule has 286 valence electrons. The first-order valence-electron chi connectivity index (χ1n) is 19.6. The van der Waals surface area contributed by atoms with Gasteiger partial charge < -0.3 is 20.1 Å². The quantitative estimate of drug-likeness (QED) is 0.0283. The number of ether oxygens (including phenoxy) is 2. The summed E-state index contributed by atoms with van der Waals surface area (Å²) in [6, 6.07) is 0. The molecule has 0 aliphatic heterocycles. The number of hydrogen-bond acceptors (Lipinski definition) is 7. The van der Waals surface area contributed by atoms with E-state index in [9.17, 15) is 14.3 Å². The molecule has 3 N–H and O–H groups in total. The van der Waals surface area contributed by atoms with Crippen LogP contribution in [-0.2, 0) is 27.9 Å². The first-order valence-corrected chi connectivity index (χ1v) is 21.1. The highest BCUT2D eigenvalue weighted by Gasteiger charge is 2.25. The highest BCUT2D eigenvalue weighted by Crippen LogP contribution is 2.43. The van der Waals surface area contributed by atoms with Crippen LogP contribution >= 0.6 is 7.82 Å². The van der Waals surface area contributed by atoms with Crippen molar-refractivity contribution in [2.45, 2.75) is 168 Å². The summed E-state index contributed by atoms with van der Waals surface area (Å²) < 4.78 is 33.3. The van der Waals surface area contributed by atoms with Crippen LogP contribution in [0.25, 0.3) is 0 Å². The average Bonchev–Trinajstić information content (AvgIpc) is 3.09. The molecule has 9 heteroatoms. The van der Waals surface area contributed by atoms with Crippen molar-refractivity contribution < 1.29 is 32.8 Å². The van der Waals surface area contributed by atoms with E-state index in [0.29, 0.717) is 13.0 Å². The zero-order valence-electron chi connectivity index (χ0n) is 31.4. The second kappa shape index (κ2) is 37.7. The lowest BCUT2D eigenvalue weighted by atomic mass is 10.1. The van der Waals surface area contributed by atoms with E-state index in [1.807, 2.05) is 0 Å². The Bertz CT molecular complexity index is 890. The molecule has 0 aromatic carbocycles. The predicted molar refractivity (Wildman–Crippen MR) is 206 cm³/mol. The standard InChI is InChI=1S/C40H74NO7P/c1-3-5-7-9-11-13-15-17-19-20-22-24-26-28-30-32-35-45-37-39(38-47-49(43,44)46-36-34-41)48-40(42)33-31-29-27-25-23-21-18-16-14-12-10-8-6-4-2/h5,7,11,13,16-19,39H,3-4,6,8-10,12,14-15,20-38,41H2,1-2H3,(H,43,44)/b7-5-,13-11-,18-16-,19-17-. The van der Waals surface area contributed by atoms with Crippen LogP contribution in [0, 0.1) is 0 Å². The van der Waals surface area contributed by atoms with E-state index in [1.165, 1.54) is 64.2 Å². The minimum atomic E-state index is -4.28. The minimum Gasteiger partial charge on any atom is -0.457 e. The average molecular weight is 712 g/mol. The first-order chi connectivity index (χ1) is 23.9. The maximum atomic E-state index is 12.5.